The fourth-order valence-corrected chi connectivity index (χ4v) is 2.64. The molecule has 2 heterocycles. The number of aromatic amines is 1. The molecule has 5 atom stereocenters. The molecule has 12 heteroatoms. The first-order valence-corrected chi connectivity index (χ1v) is 8.64. The maximum atomic E-state index is 13.4. The Hall–Kier alpha value is -2.57. The number of carbonyl (C=O) groups is 2. The molecule has 4 N–H and O–H groups in total. The fourth-order valence-electron chi connectivity index (χ4n) is 2.64. The van der Waals surface area contributed by atoms with E-state index in [9.17, 15) is 33.8 Å². The summed E-state index contributed by atoms with van der Waals surface area (Å²) in [6.45, 7) is 2.74. The molecular weight excluding hydrogens is 381 g/mol. The molecule has 2 unspecified atom stereocenters. The number of ether oxygens (including phenoxy) is 2. The van der Waals surface area contributed by atoms with E-state index in [4.69, 9.17) is 9.47 Å². The van der Waals surface area contributed by atoms with Gasteiger partial charge in [-0.3, -0.25) is 19.1 Å². The Bertz CT molecular complexity index is 838. The zero-order valence-corrected chi connectivity index (χ0v) is 15.3. The predicted molar refractivity (Wildman–Crippen MR) is 90.7 cm³/mol. The van der Waals surface area contributed by atoms with Crippen LogP contribution in [0, 0.1) is 5.82 Å². The molecule has 0 aromatic carbocycles. The van der Waals surface area contributed by atoms with E-state index in [1.54, 1.807) is 4.98 Å². The minimum atomic E-state index is -1.65. The number of nitrogens with zero attached hydrogens (tertiary/aromatic N) is 1. The fraction of sp³-hybridized carbons (Fsp3) is 0.625. The van der Waals surface area contributed by atoms with E-state index in [1.807, 2.05) is 6.92 Å². The molecule has 1 amide bonds. The minimum absolute atomic E-state index is 0.250. The molecular formula is C16H22FN3O8. The maximum absolute atomic E-state index is 13.4. The summed E-state index contributed by atoms with van der Waals surface area (Å²) in [6, 6.07) is -0.936. The van der Waals surface area contributed by atoms with Crippen LogP contribution in [0.5, 0.6) is 0 Å². The highest BCUT2D eigenvalue weighted by atomic mass is 19.1. The van der Waals surface area contributed by atoms with Crippen molar-refractivity contribution in [1.29, 1.82) is 0 Å². The number of aliphatic hydroxyl groups excluding tert-OH is 2. The molecule has 1 aromatic rings. The van der Waals surface area contributed by atoms with Crippen molar-refractivity contribution in [1.82, 2.24) is 14.9 Å². The average Bonchev–Trinajstić information content (AvgIpc) is 2.91. The van der Waals surface area contributed by atoms with Gasteiger partial charge in [-0.1, -0.05) is 6.92 Å². The number of hydrogen-bond donors (Lipinski definition) is 4. The standard InChI is InChI=1S/C16H22FN3O8/c1-3-4-10(21)18-7(2)15(25)27-6-9-11(22)12(23)14(28-9)20-5-8(17)13(24)19-16(20)26/h5,7,9,11-12,14,22-23H,3-4,6H2,1-2H3,(H,18,21)(H,19,24,26)/t7-,9-,11?,12?,14-/m0/s1. The summed E-state index contributed by atoms with van der Waals surface area (Å²) < 4.78 is 24.3. The van der Waals surface area contributed by atoms with Crippen LogP contribution in [0.2, 0.25) is 0 Å². The molecule has 0 radical (unpaired) electrons. The lowest BCUT2D eigenvalue weighted by atomic mass is 10.1. The van der Waals surface area contributed by atoms with Crippen LogP contribution in [0.3, 0.4) is 0 Å². The van der Waals surface area contributed by atoms with Gasteiger partial charge in [0.15, 0.2) is 6.23 Å². The van der Waals surface area contributed by atoms with Crippen molar-refractivity contribution >= 4 is 11.9 Å². The Morgan fingerprint density at radius 2 is 2.07 bits per heavy atom. The van der Waals surface area contributed by atoms with Crippen molar-refractivity contribution in [2.75, 3.05) is 6.61 Å². The highest BCUT2D eigenvalue weighted by molar-refractivity contribution is 5.84. The van der Waals surface area contributed by atoms with Crippen molar-refractivity contribution in [2.45, 2.75) is 57.3 Å². The molecule has 0 spiro atoms. The first-order chi connectivity index (χ1) is 13.1. The Balaban J connectivity index is 2.00. The Kier molecular flexibility index (Phi) is 7.05. The third-order valence-corrected chi connectivity index (χ3v) is 4.13. The van der Waals surface area contributed by atoms with Crippen molar-refractivity contribution in [3.8, 4) is 0 Å². The summed E-state index contributed by atoms with van der Waals surface area (Å²) in [7, 11) is 0. The van der Waals surface area contributed by atoms with Gasteiger partial charge >= 0.3 is 11.7 Å². The van der Waals surface area contributed by atoms with Gasteiger partial charge in [-0.2, -0.15) is 4.39 Å². The minimum Gasteiger partial charge on any atom is -0.461 e. The molecule has 2 rings (SSSR count). The van der Waals surface area contributed by atoms with E-state index in [-0.39, 0.29) is 12.3 Å². The molecule has 156 valence electrons. The number of carbonyl (C=O) groups excluding carboxylic acids is 2. The molecule has 1 saturated heterocycles. The number of aliphatic hydroxyl groups is 2. The van der Waals surface area contributed by atoms with E-state index in [2.05, 4.69) is 5.32 Å². The van der Waals surface area contributed by atoms with Gasteiger partial charge in [0.05, 0.1) is 6.20 Å². The van der Waals surface area contributed by atoms with Gasteiger partial charge in [0, 0.05) is 6.42 Å². The Morgan fingerprint density at radius 3 is 2.71 bits per heavy atom. The Labute approximate surface area is 158 Å². The topological polar surface area (TPSA) is 160 Å². The second kappa shape index (κ2) is 9.08. The van der Waals surface area contributed by atoms with Crippen molar-refractivity contribution in [3.05, 3.63) is 32.9 Å². The van der Waals surface area contributed by atoms with Crippen LogP contribution in [0.25, 0.3) is 0 Å². The number of aromatic nitrogens is 2. The summed E-state index contributed by atoms with van der Waals surface area (Å²) in [5.41, 5.74) is -2.29. The number of amides is 1. The van der Waals surface area contributed by atoms with E-state index in [1.165, 1.54) is 6.92 Å². The van der Waals surface area contributed by atoms with Gasteiger partial charge in [0.1, 0.15) is 31.0 Å². The molecule has 1 fully saturated rings. The van der Waals surface area contributed by atoms with Gasteiger partial charge in [0.2, 0.25) is 11.7 Å². The molecule has 28 heavy (non-hydrogen) atoms. The normalized spacial score (nSPS) is 25.3. The van der Waals surface area contributed by atoms with E-state index in [0.717, 1.165) is 0 Å². The quantitative estimate of drug-likeness (QED) is 0.386. The lowest BCUT2D eigenvalue weighted by molar-refractivity contribution is -0.153. The van der Waals surface area contributed by atoms with Gasteiger partial charge < -0.3 is 25.0 Å². The van der Waals surface area contributed by atoms with Crippen LogP contribution in [0.15, 0.2) is 15.8 Å². The molecule has 1 aliphatic rings. The first kappa shape index (κ1) is 21.7. The average molecular weight is 403 g/mol. The van der Waals surface area contributed by atoms with Crippen LogP contribution in [0.4, 0.5) is 4.39 Å². The highest BCUT2D eigenvalue weighted by Gasteiger charge is 2.45. The van der Waals surface area contributed by atoms with E-state index in [0.29, 0.717) is 17.2 Å². The number of esters is 1. The van der Waals surface area contributed by atoms with Gasteiger partial charge in [-0.05, 0) is 13.3 Å². The smallest absolute Gasteiger partial charge is 0.330 e. The zero-order chi connectivity index (χ0) is 21.0. The van der Waals surface area contributed by atoms with Crippen LogP contribution in [-0.4, -0.2) is 62.6 Å². The summed E-state index contributed by atoms with van der Waals surface area (Å²) >= 11 is 0. The maximum Gasteiger partial charge on any atom is 0.330 e. The van der Waals surface area contributed by atoms with Crippen LogP contribution < -0.4 is 16.6 Å². The zero-order valence-electron chi connectivity index (χ0n) is 15.3. The summed E-state index contributed by atoms with van der Waals surface area (Å²) in [5, 5.41) is 22.6. The number of nitrogens with one attached hydrogen (secondary N) is 2. The summed E-state index contributed by atoms with van der Waals surface area (Å²) in [5.74, 6) is -2.39. The molecule has 1 aromatic heterocycles. The third kappa shape index (κ3) is 4.82. The third-order valence-electron chi connectivity index (χ3n) is 4.13. The van der Waals surface area contributed by atoms with Gasteiger partial charge in [0.25, 0.3) is 5.56 Å². The lowest BCUT2D eigenvalue weighted by Crippen LogP contribution is -2.41. The summed E-state index contributed by atoms with van der Waals surface area (Å²) in [4.78, 5) is 48.0. The van der Waals surface area contributed by atoms with E-state index < -0.39 is 60.2 Å². The highest BCUT2D eigenvalue weighted by Crippen LogP contribution is 2.28. The van der Waals surface area contributed by atoms with Crippen molar-refractivity contribution in [2.24, 2.45) is 0 Å². The van der Waals surface area contributed by atoms with E-state index >= 15 is 0 Å². The molecule has 0 saturated carbocycles. The monoisotopic (exact) mass is 403 g/mol. The molecule has 0 aliphatic carbocycles. The largest absolute Gasteiger partial charge is 0.461 e. The number of H-pyrrole nitrogens is 1. The lowest BCUT2D eigenvalue weighted by Gasteiger charge is -2.18. The van der Waals surface area contributed by atoms with Crippen LogP contribution >= 0.6 is 0 Å². The first-order valence-electron chi connectivity index (χ1n) is 8.64. The molecule has 1 aliphatic heterocycles. The van der Waals surface area contributed by atoms with Crippen LogP contribution in [-0.2, 0) is 19.1 Å². The summed E-state index contributed by atoms with van der Waals surface area (Å²) in [6.07, 6.45) is -4.51. The van der Waals surface area contributed by atoms with Crippen LogP contribution in [0.1, 0.15) is 32.9 Å². The second-order valence-electron chi connectivity index (χ2n) is 6.36. The Morgan fingerprint density at radius 1 is 1.39 bits per heavy atom. The number of halogens is 1. The molecule has 0 bridgehead atoms. The number of rotatable bonds is 7. The predicted octanol–water partition coefficient (Wildman–Crippen LogP) is -1.86. The SMILES string of the molecule is CCCC(=O)N[C@@H](C)C(=O)OC[C@@H]1O[C@H](n2cc(F)c(=O)[nH]c2=O)C(O)C1O. The molecule has 11 nitrogen and oxygen atoms in total. The van der Waals surface area contributed by atoms with Crippen molar-refractivity contribution in [3.63, 3.8) is 0 Å². The van der Waals surface area contributed by atoms with Crippen molar-refractivity contribution < 1.29 is 33.7 Å². The second-order valence-corrected chi connectivity index (χ2v) is 6.36. The van der Waals surface area contributed by atoms with Gasteiger partial charge in [-0.15, -0.1) is 0 Å². The van der Waals surface area contributed by atoms with Gasteiger partial charge in [-0.25, -0.2) is 9.59 Å². The number of hydrogen-bond acceptors (Lipinski definition) is 8.